The molecule has 0 spiro atoms. The van der Waals surface area contributed by atoms with Crippen molar-refractivity contribution in [3.63, 3.8) is 0 Å². The van der Waals surface area contributed by atoms with Gasteiger partial charge < -0.3 is 11.1 Å². The molecule has 3 N–H and O–H groups in total. The van der Waals surface area contributed by atoms with Crippen LogP contribution in [-0.4, -0.2) is 27.9 Å². The maximum Gasteiger partial charge on any atom is 0.255 e. The van der Waals surface area contributed by atoms with Gasteiger partial charge in [-0.1, -0.05) is 0 Å². The van der Waals surface area contributed by atoms with Gasteiger partial charge in [-0.3, -0.25) is 4.98 Å². The Bertz CT molecular complexity index is 851. The van der Waals surface area contributed by atoms with Crippen molar-refractivity contribution in [2.24, 2.45) is 0 Å². The molecule has 0 aromatic carbocycles. The highest BCUT2D eigenvalue weighted by Gasteiger charge is 2.10. The van der Waals surface area contributed by atoms with Gasteiger partial charge in [-0.2, -0.15) is 0 Å². The molecular formula is C16H15F2N5. The molecule has 0 amide bonds. The zero-order valence-corrected chi connectivity index (χ0v) is 12.4. The zero-order chi connectivity index (χ0) is 16.4. The number of nitrogens with zero attached hydrogens (tertiary/aromatic N) is 3. The van der Waals surface area contributed by atoms with Crippen molar-refractivity contribution in [3.8, 4) is 11.3 Å². The number of hydrogen-bond donors (Lipinski definition) is 2. The average Bonchev–Trinajstić information content (AvgIpc) is 2.53. The summed E-state index contributed by atoms with van der Waals surface area (Å²) in [7, 11) is 0. The summed E-state index contributed by atoms with van der Waals surface area (Å²) in [6.07, 6.45) is 2.52. The number of anilines is 2. The van der Waals surface area contributed by atoms with E-state index < -0.39 is 13.0 Å². The minimum Gasteiger partial charge on any atom is -0.383 e. The van der Waals surface area contributed by atoms with Crippen LogP contribution in [0.1, 0.15) is 5.56 Å². The summed E-state index contributed by atoms with van der Waals surface area (Å²) in [5.74, 6) is 0.714. The third kappa shape index (κ3) is 3.18. The first-order valence-electron chi connectivity index (χ1n) is 7.04. The Balaban J connectivity index is 2.06. The van der Waals surface area contributed by atoms with Crippen LogP contribution >= 0.6 is 0 Å². The molecule has 3 aromatic rings. The summed E-state index contributed by atoms with van der Waals surface area (Å²) >= 11 is 0. The van der Waals surface area contributed by atoms with E-state index in [4.69, 9.17) is 5.73 Å². The molecule has 0 aliphatic carbocycles. The van der Waals surface area contributed by atoms with Crippen LogP contribution in [0.15, 0.2) is 36.8 Å². The first-order chi connectivity index (χ1) is 11.0. The predicted octanol–water partition coefficient (Wildman–Crippen LogP) is 3.26. The molecule has 0 radical (unpaired) electrons. The lowest BCUT2D eigenvalue weighted by Gasteiger charge is -2.10. The van der Waals surface area contributed by atoms with Crippen LogP contribution in [-0.2, 0) is 0 Å². The molecular weight excluding hydrogens is 300 g/mol. The molecule has 118 valence electrons. The molecule has 0 aliphatic rings. The molecule has 7 heteroatoms. The minimum atomic E-state index is -2.44. The van der Waals surface area contributed by atoms with Gasteiger partial charge in [0.2, 0.25) is 0 Å². The van der Waals surface area contributed by atoms with E-state index in [2.05, 4.69) is 20.3 Å². The van der Waals surface area contributed by atoms with Gasteiger partial charge in [0.15, 0.2) is 0 Å². The molecule has 3 rings (SSSR count). The molecule has 0 saturated heterocycles. The Kier molecular flexibility index (Phi) is 4.01. The Labute approximate surface area is 131 Å². The molecule has 0 unspecified atom stereocenters. The fraction of sp³-hybridized carbons (Fsp3) is 0.188. The van der Waals surface area contributed by atoms with Gasteiger partial charge >= 0.3 is 0 Å². The Hall–Kier alpha value is -2.83. The highest BCUT2D eigenvalue weighted by Crippen LogP contribution is 2.28. The van der Waals surface area contributed by atoms with Gasteiger partial charge in [0.25, 0.3) is 6.43 Å². The van der Waals surface area contributed by atoms with Gasteiger partial charge in [0.1, 0.15) is 11.6 Å². The number of nitrogen functional groups attached to an aromatic ring is 1. The molecule has 0 saturated carbocycles. The lowest BCUT2D eigenvalue weighted by molar-refractivity contribution is 0.163. The zero-order valence-electron chi connectivity index (χ0n) is 12.4. The van der Waals surface area contributed by atoms with Crippen molar-refractivity contribution in [1.29, 1.82) is 0 Å². The fourth-order valence-electron chi connectivity index (χ4n) is 2.32. The van der Waals surface area contributed by atoms with E-state index in [1.807, 2.05) is 19.1 Å². The Morgan fingerprint density at radius 1 is 1.26 bits per heavy atom. The van der Waals surface area contributed by atoms with Crippen molar-refractivity contribution < 1.29 is 8.78 Å². The second-order valence-electron chi connectivity index (χ2n) is 5.15. The second kappa shape index (κ2) is 6.12. The summed E-state index contributed by atoms with van der Waals surface area (Å²) < 4.78 is 24.6. The van der Waals surface area contributed by atoms with Crippen molar-refractivity contribution in [2.75, 3.05) is 17.6 Å². The molecule has 0 atom stereocenters. The largest absolute Gasteiger partial charge is 0.383 e. The maximum atomic E-state index is 12.3. The number of pyridine rings is 3. The normalized spacial score (nSPS) is 11.1. The first kappa shape index (κ1) is 15.1. The van der Waals surface area contributed by atoms with Crippen molar-refractivity contribution in [1.82, 2.24) is 15.0 Å². The third-order valence-corrected chi connectivity index (χ3v) is 3.50. The number of hydrogen-bond acceptors (Lipinski definition) is 5. The molecule has 3 aromatic heterocycles. The van der Waals surface area contributed by atoms with E-state index in [1.165, 1.54) is 6.20 Å². The van der Waals surface area contributed by atoms with Crippen LogP contribution in [0.5, 0.6) is 0 Å². The number of fused-ring (bicyclic) bond motifs is 1. The van der Waals surface area contributed by atoms with Crippen LogP contribution in [0.2, 0.25) is 0 Å². The summed E-state index contributed by atoms with van der Waals surface area (Å²) in [4.78, 5) is 12.6. The van der Waals surface area contributed by atoms with Crippen LogP contribution in [0.25, 0.3) is 22.0 Å². The molecule has 23 heavy (non-hydrogen) atoms. The van der Waals surface area contributed by atoms with Crippen LogP contribution in [0, 0.1) is 6.92 Å². The van der Waals surface area contributed by atoms with E-state index >= 15 is 0 Å². The summed E-state index contributed by atoms with van der Waals surface area (Å²) in [6, 6.07) is 5.43. The predicted molar refractivity (Wildman–Crippen MR) is 86.4 cm³/mol. The maximum absolute atomic E-state index is 12.3. The van der Waals surface area contributed by atoms with Gasteiger partial charge in [-0.05, 0) is 36.1 Å². The minimum absolute atomic E-state index is 0.341. The standard InChI is InChI=1S/C16H15F2N5/c1-9-2-3-20-6-11(9)13-4-10-5-15(22-8-14(17)18)21-7-12(10)16(19)23-13/h2-7,14H,8H2,1H3,(H2,19,23)(H,21,22). The van der Waals surface area contributed by atoms with E-state index in [0.29, 0.717) is 22.7 Å². The number of halogens is 2. The number of alkyl halides is 2. The molecule has 5 nitrogen and oxygen atoms in total. The summed E-state index contributed by atoms with van der Waals surface area (Å²) in [5, 5.41) is 4.05. The molecule has 3 heterocycles. The smallest absolute Gasteiger partial charge is 0.255 e. The van der Waals surface area contributed by atoms with E-state index in [1.54, 1.807) is 18.5 Å². The number of rotatable bonds is 4. The van der Waals surface area contributed by atoms with Crippen molar-refractivity contribution in [2.45, 2.75) is 13.3 Å². The Morgan fingerprint density at radius 2 is 2.09 bits per heavy atom. The van der Waals surface area contributed by atoms with Crippen LogP contribution in [0.3, 0.4) is 0 Å². The number of nitrogens with one attached hydrogen (secondary N) is 1. The van der Waals surface area contributed by atoms with Gasteiger partial charge in [-0.25, -0.2) is 18.7 Å². The Morgan fingerprint density at radius 3 is 2.83 bits per heavy atom. The van der Waals surface area contributed by atoms with E-state index in [9.17, 15) is 8.78 Å². The lowest BCUT2D eigenvalue weighted by atomic mass is 10.1. The second-order valence-corrected chi connectivity index (χ2v) is 5.15. The quantitative estimate of drug-likeness (QED) is 0.773. The SMILES string of the molecule is Cc1ccncc1-c1cc2cc(NCC(F)F)ncc2c(N)n1. The number of nitrogens with two attached hydrogens (primary N) is 1. The molecule has 0 bridgehead atoms. The van der Waals surface area contributed by atoms with Gasteiger partial charge in [0, 0.05) is 29.5 Å². The van der Waals surface area contributed by atoms with Crippen molar-refractivity contribution in [3.05, 3.63) is 42.4 Å². The molecule has 0 aliphatic heterocycles. The summed E-state index contributed by atoms with van der Waals surface area (Å²) in [6.45, 7) is 1.51. The van der Waals surface area contributed by atoms with Crippen LogP contribution < -0.4 is 11.1 Å². The van der Waals surface area contributed by atoms with Crippen LogP contribution in [0.4, 0.5) is 20.4 Å². The average molecular weight is 315 g/mol. The van der Waals surface area contributed by atoms with Gasteiger partial charge in [0.05, 0.1) is 12.2 Å². The fourth-order valence-corrected chi connectivity index (χ4v) is 2.32. The summed E-state index contributed by atoms with van der Waals surface area (Å²) in [5.41, 5.74) is 8.59. The van der Waals surface area contributed by atoms with Crippen molar-refractivity contribution >= 4 is 22.4 Å². The van der Waals surface area contributed by atoms with E-state index in [0.717, 1.165) is 16.5 Å². The number of aromatic nitrogens is 3. The highest BCUT2D eigenvalue weighted by molar-refractivity contribution is 5.94. The number of aryl methyl sites for hydroxylation is 1. The van der Waals surface area contributed by atoms with Gasteiger partial charge in [-0.15, -0.1) is 0 Å². The third-order valence-electron chi connectivity index (χ3n) is 3.50. The molecule has 0 fully saturated rings. The first-order valence-corrected chi connectivity index (χ1v) is 7.04. The highest BCUT2D eigenvalue weighted by atomic mass is 19.3. The van der Waals surface area contributed by atoms with E-state index in [-0.39, 0.29) is 0 Å². The lowest BCUT2D eigenvalue weighted by Crippen LogP contribution is -2.11. The topological polar surface area (TPSA) is 76.7 Å². The monoisotopic (exact) mass is 315 g/mol.